The zero-order valence-electron chi connectivity index (χ0n) is 13.6. The van der Waals surface area contributed by atoms with Crippen molar-refractivity contribution in [3.63, 3.8) is 0 Å². The molecular weight excluding hydrogens is 290 g/mol. The van der Waals surface area contributed by atoms with Gasteiger partial charge in [-0.15, -0.1) is 0 Å². The number of nitrogens with one attached hydrogen (secondary N) is 2. The fraction of sp³-hybridized carbons (Fsp3) is 0.444. The Hall–Kier alpha value is -2.14. The summed E-state index contributed by atoms with van der Waals surface area (Å²) in [7, 11) is 0. The molecule has 0 radical (unpaired) electrons. The molecule has 3 heterocycles. The number of fused-ring (bicyclic) bond motifs is 3. The molecule has 3 atom stereocenters. The molecule has 23 heavy (non-hydrogen) atoms. The van der Waals surface area contributed by atoms with Crippen LogP contribution < -0.4 is 10.5 Å². The molecule has 1 fully saturated rings. The lowest BCUT2D eigenvalue weighted by Crippen LogP contribution is -3.13. The second-order valence-electron chi connectivity index (χ2n) is 7.07. The number of hydrogen-bond donors (Lipinski definition) is 2. The summed E-state index contributed by atoms with van der Waals surface area (Å²) in [5.74, 6) is 2.20. The second kappa shape index (κ2) is 5.49. The maximum Gasteiger partial charge on any atom is 0.294 e. The highest BCUT2D eigenvalue weighted by Gasteiger charge is 2.26. The molecule has 1 saturated heterocycles. The van der Waals surface area contributed by atoms with E-state index in [2.05, 4.69) is 18.8 Å². The monoisotopic (exact) mass is 312 g/mol. The average Bonchev–Trinajstić information content (AvgIpc) is 2.86. The number of nitrogens with zero attached hydrogens (tertiary/aromatic N) is 1. The fourth-order valence-electron chi connectivity index (χ4n) is 4.03. The van der Waals surface area contributed by atoms with Crippen molar-refractivity contribution in [2.75, 3.05) is 13.1 Å². The summed E-state index contributed by atoms with van der Waals surface area (Å²) in [6.07, 6.45) is 1.29. The van der Waals surface area contributed by atoms with Crippen molar-refractivity contribution < 1.29 is 9.32 Å². The minimum absolute atomic E-state index is 0.182. The van der Waals surface area contributed by atoms with Crippen molar-refractivity contribution in [1.82, 2.24) is 9.97 Å². The Morgan fingerprint density at radius 3 is 2.78 bits per heavy atom. The lowest BCUT2D eigenvalue weighted by atomic mass is 9.92. The van der Waals surface area contributed by atoms with E-state index in [-0.39, 0.29) is 5.56 Å². The van der Waals surface area contributed by atoms with E-state index in [0.717, 1.165) is 42.7 Å². The summed E-state index contributed by atoms with van der Waals surface area (Å²) >= 11 is 0. The van der Waals surface area contributed by atoms with Crippen molar-refractivity contribution >= 4 is 22.1 Å². The van der Waals surface area contributed by atoms with Crippen LogP contribution in [0.1, 0.15) is 26.1 Å². The van der Waals surface area contributed by atoms with Crippen molar-refractivity contribution in [3.8, 4) is 0 Å². The Labute approximate surface area is 134 Å². The maximum absolute atomic E-state index is 12.3. The molecule has 5 nitrogen and oxygen atoms in total. The van der Waals surface area contributed by atoms with Gasteiger partial charge in [0.1, 0.15) is 17.6 Å². The lowest BCUT2D eigenvalue weighted by molar-refractivity contribution is -0.926. The standard InChI is InChI=1S/C18H21N3O2/c1-11-7-12(2)9-21(8-11)10-15-19-16-13-5-3-4-6-14(13)23-17(16)18(22)20-15/h3-6,11-12H,7-10H2,1-2H3,(H,19,20,22)/p+1/t11-,12+. The van der Waals surface area contributed by atoms with Crippen LogP contribution in [0.3, 0.4) is 0 Å². The number of aromatic amines is 1. The predicted molar refractivity (Wildman–Crippen MR) is 89.5 cm³/mol. The molecule has 0 saturated carbocycles. The number of benzene rings is 1. The zero-order chi connectivity index (χ0) is 16.0. The van der Waals surface area contributed by atoms with Gasteiger partial charge in [-0.3, -0.25) is 4.79 Å². The van der Waals surface area contributed by atoms with Gasteiger partial charge >= 0.3 is 0 Å². The van der Waals surface area contributed by atoms with E-state index in [9.17, 15) is 4.79 Å². The highest BCUT2D eigenvalue weighted by atomic mass is 16.3. The van der Waals surface area contributed by atoms with Gasteiger partial charge in [0, 0.05) is 17.2 Å². The van der Waals surface area contributed by atoms with E-state index in [1.807, 2.05) is 24.3 Å². The summed E-state index contributed by atoms with van der Waals surface area (Å²) in [5, 5.41) is 0.908. The molecule has 4 rings (SSSR count). The van der Waals surface area contributed by atoms with Crippen molar-refractivity contribution in [3.05, 3.63) is 40.4 Å². The van der Waals surface area contributed by atoms with Gasteiger partial charge in [0.05, 0.1) is 13.1 Å². The first-order valence-corrected chi connectivity index (χ1v) is 8.34. The molecule has 0 spiro atoms. The van der Waals surface area contributed by atoms with Crippen LogP contribution in [0.15, 0.2) is 33.5 Å². The van der Waals surface area contributed by atoms with Crippen LogP contribution in [0.2, 0.25) is 0 Å². The SMILES string of the molecule is C[C@@H]1C[C@H](C)C[NH+](Cc2nc3c(oc4ccccc43)c(=O)[nH]2)C1. The van der Waals surface area contributed by atoms with E-state index >= 15 is 0 Å². The van der Waals surface area contributed by atoms with Crippen molar-refractivity contribution in [2.24, 2.45) is 11.8 Å². The topological polar surface area (TPSA) is 63.3 Å². The number of H-pyrrole nitrogens is 1. The minimum Gasteiger partial charge on any atom is -0.449 e. The van der Waals surface area contributed by atoms with Crippen molar-refractivity contribution in [1.29, 1.82) is 0 Å². The Balaban J connectivity index is 1.73. The first kappa shape index (κ1) is 14.5. The Morgan fingerprint density at radius 1 is 1.26 bits per heavy atom. The Kier molecular flexibility index (Phi) is 3.45. The Bertz CT molecular complexity index is 901. The summed E-state index contributed by atoms with van der Waals surface area (Å²) in [6, 6.07) is 7.67. The van der Waals surface area contributed by atoms with Gasteiger partial charge in [-0.2, -0.15) is 0 Å². The molecule has 1 aliphatic rings. The number of furan rings is 1. The van der Waals surface area contributed by atoms with Gasteiger partial charge in [0.25, 0.3) is 5.56 Å². The summed E-state index contributed by atoms with van der Waals surface area (Å²) in [6.45, 7) is 7.65. The van der Waals surface area contributed by atoms with Gasteiger partial charge in [0.15, 0.2) is 5.82 Å². The number of hydrogen-bond acceptors (Lipinski definition) is 3. The Morgan fingerprint density at radius 2 is 2.00 bits per heavy atom. The predicted octanol–water partition coefficient (Wildman–Crippen LogP) is 1.73. The molecule has 0 bridgehead atoms. The average molecular weight is 312 g/mol. The van der Waals surface area contributed by atoms with Gasteiger partial charge in [0.2, 0.25) is 5.58 Å². The number of piperidine rings is 1. The molecule has 2 aromatic heterocycles. The fourth-order valence-corrected chi connectivity index (χ4v) is 4.03. The van der Waals surface area contributed by atoms with Gasteiger partial charge in [-0.25, -0.2) is 4.98 Å². The van der Waals surface area contributed by atoms with Crippen LogP contribution in [-0.4, -0.2) is 23.1 Å². The smallest absolute Gasteiger partial charge is 0.294 e. The third kappa shape index (κ3) is 2.65. The highest BCUT2D eigenvalue weighted by Crippen LogP contribution is 2.24. The van der Waals surface area contributed by atoms with E-state index in [1.165, 1.54) is 11.3 Å². The van der Waals surface area contributed by atoms with Gasteiger partial charge < -0.3 is 14.3 Å². The quantitative estimate of drug-likeness (QED) is 0.757. The van der Waals surface area contributed by atoms with Crippen LogP contribution in [0.5, 0.6) is 0 Å². The molecule has 1 aliphatic heterocycles. The van der Waals surface area contributed by atoms with E-state index < -0.39 is 0 Å². The number of para-hydroxylation sites is 1. The second-order valence-corrected chi connectivity index (χ2v) is 7.07. The molecule has 1 aromatic carbocycles. The number of quaternary nitrogens is 1. The van der Waals surface area contributed by atoms with E-state index in [4.69, 9.17) is 9.40 Å². The van der Waals surface area contributed by atoms with E-state index in [1.54, 1.807) is 0 Å². The molecule has 0 aliphatic carbocycles. The maximum atomic E-state index is 12.3. The molecular formula is C18H22N3O2+. The lowest BCUT2D eigenvalue weighted by Gasteiger charge is -2.31. The van der Waals surface area contributed by atoms with Gasteiger partial charge in [-0.1, -0.05) is 26.0 Å². The third-order valence-electron chi connectivity index (χ3n) is 4.78. The summed E-state index contributed by atoms with van der Waals surface area (Å²) in [4.78, 5) is 21.4. The number of likely N-dealkylation sites (tertiary alicyclic amines) is 1. The summed E-state index contributed by atoms with van der Waals surface area (Å²) in [5.41, 5.74) is 1.53. The minimum atomic E-state index is -0.182. The molecule has 3 aromatic rings. The first-order valence-electron chi connectivity index (χ1n) is 8.34. The largest absolute Gasteiger partial charge is 0.449 e. The number of rotatable bonds is 2. The molecule has 120 valence electrons. The third-order valence-corrected chi connectivity index (χ3v) is 4.78. The van der Waals surface area contributed by atoms with Crippen LogP contribution in [0.4, 0.5) is 0 Å². The normalized spacial score (nSPS) is 25.2. The van der Waals surface area contributed by atoms with E-state index in [0.29, 0.717) is 16.7 Å². The summed E-state index contributed by atoms with van der Waals surface area (Å²) < 4.78 is 5.65. The highest BCUT2D eigenvalue weighted by molar-refractivity contribution is 6.01. The zero-order valence-corrected chi connectivity index (χ0v) is 13.6. The van der Waals surface area contributed by atoms with Crippen molar-refractivity contribution in [2.45, 2.75) is 26.8 Å². The van der Waals surface area contributed by atoms with Crippen LogP contribution in [0, 0.1) is 11.8 Å². The van der Waals surface area contributed by atoms with Gasteiger partial charge in [-0.05, 0) is 18.6 Å². The number of aromatic nitrogens is 2. The molecule has 5 heteroatoms. The van der Waals surface area contributed by atoms with Crippen LogP contribution in [-0.2, 0) is 6.54 Å². The van der Waals surface area contributed by atoms with Crippen LogP contribution in [0.25, 0.3) is 22.1 Å². The molecule has 1 unspecified atom stereocenters. The van der Waals surface area contributed by atoms with Crippen LogP contribution >= 0.6 is 0 Å². The molecule has 2 N–H and O–H groups in total. The first-order chi connectivity index (χ1) is 11.1. The molecule has 0 amide bonds.